The van der Waals surface area contributed by atoms with Gasteiger partial charge >= 0.3 is 11.8 Å². The van der Waals surface area contributed by atoms with Crippen molar-refractivity contribution in [1.82, 2.24) is 0 Å². The Morgan fingerprint density at radius 1 is 0.587 bits per heavy atom. The Bertz CT molecular complexity index is 1590. The first-order valence-corrected chi connectivity index (χ1v) is 13.3. The molecule has 3 aromatic rings. The molecule has 1 saturated carbocycles. The van der Waals surface area contributed by atoms with Crippen molar-refractivity contribution in [2.24, 2.45) is 0 Å². The van der Waals surface area contributed by atoms with E-state index >= 15 is 0 Å². The summed E-state index contributed by atoms with van der Waals surface area (Å²) in [5.41, 5.74) is -10.7. The summed E-state index contributed by atoms with van der Waals surface area (Å²) in [5.74, 6) is -27.5. The number of alkyl halides is 5. The first kappa shape index (κ1) is 36.8. The fraction of sp³-hybridized carbons (Fsp3) is 0.375. The fourth-order valence-corrected chi connectivity index (χ4v) is 4.60. The predicted octanol–water partition coefficient (Wildman–Crippen LogP) is 10.8. The number of hydrogen-bond donors (Lipinski definition) is 0. The average molecular weight is 675 g/mol. The van der Waals surface area contributed by atoms with Crippen LogP contribution in [0.2, 0.25) is 0 Å². The van der Waals surface area contributed by atoms with Crippen molar-refractivity contribution in [3.05, 3.63) is 105 Å². The van der Waals surface area contributed by atoms with Crippen molar-refractivity contribution < 1.29 is 61.8 Å². The second-order valence-corrected chi connectivity index (χ2v) is 12.5. The van der Waals surface area contributed by atoms with E-state index in [1.54, 1.807) is 30.3 Å². The molecule has 14 heteroatoms. The van der Waals surface area contributed by atoms with E-state index in [0.29, 0.717) is 5.56 Å². The first-order chi connectivity index (χ1) is 20.8. The molecule has 4 rings (SSSR count). The maximum absolute atomic E-state index is 14.2. The van der Waals surface area contributed by atoms with E-state index in [1.165, 1.54) is 20.8 Å². The molecule has 0 atom stereocenters. The normalized spacial score (nSPS) is 16.4. The van der Waals surface area contributed by atoms with Crippen molar-refractivity contribution in [3.8, 4) is 5.75 Å². The molecule has 1 aliphatic rings. The smallest absolute Gasteiger partial charge is 0.357 e. The monoisotopic (exact) mass is 674 g/mol. The van der Waals surface area contributed by atoms with Crippen molar-refractivity contribution >= 4 is 6.08 Å². The zero-order chi connectivity index (χ0) is 35.5. The first-order valence-electron chi connectivity index (χ1n) is 13.3. The van der Waals surface area contributed by atoms with Crippen LogP contribution in [0.5, 0.6) is 5.75 Å². The van der Waals surface area contributed by atoms with Crippen molar-refractivity contribution in [2.45, 2.75) is 76.5 Å². The Morgan fingerprint density at radius 2 is 0.935 bits per heavy atom. The lowest BCUT2D eigenvalue weighted by molar-refractivity contribution is -0.0278. The van der Waals surface area contributed by atoms with Gasteiger partial charge in [-0.05, 0) is 22.0 Å². The summed E-state index contributed by atoms with van der Waals surface area (Å²) in [6, 6.07) is 6.82. The molecular weight excluding hydrogens is 647 g/mol. The number of benzene rings is 3. The molecular formula is C32H27F13O. The topological polar surface area (TPSA) is 9.23 Å². The van der Waals surface area contributed by atoms with Gasteiger partial charge in [0.2, 0.25) is 11.6 Å². The molecule has 0 spiro atoms. The largest absolute Gasteiger partial charge is 0.483 e. The number of hydrogen-bond acceptors (Lipinski definition) is 1. The summed E-state index contributed by atoms with van der Waals surface area (Å²) < 4.78 is 182. The van der Waals surface area contributed by atoms with Gasteiger partial charge < -0.3 is 4.74 Å². The van der Waals surface area contributed by atoms with Gasteiger partial charge in [0.05, 0.1) is 5.56 Å². The van der Waals surface area contributed by atoms with Crippen LogP contribution in [0.3, 0.4) is 0 Å². The summed E-state index contributed by atoms with van der Waals surface area (Å²) in [6.45, 7) is 11.2. The SMILES string of the molecule is C=Cc1ccc(COc2c(F)c(F)c(C(C)(C)C)c(F)c2F)cc1.CC(C)(C)c1c(F)c(F)c(C2(F)C(F)(F)C2(F)F)c(F)c1F. The highest BCUT2D eigenvalue weighted by Crippen LogP contribution is 2.74. The van der Waals surface area contributed by atoms with Gasteiger partial charge in [0.25, 0.3) is 5.67 Å². The summed E-state index contributed by atoms with van der Waals surface area (Å²) in [7, 11) is 0. The summed E-state index contributed by atoms with van der Waals surface area (Å²) in [6.07, 6.45) is 1.64. The molecule has 0 amide bonds. The van der Waals surface area contributed by atoms with Crippen LogP contribution >= 0.6 is 0 Å². The average Bonchev–Trinajstić information content (AvgIpc) is 3.25. The van der Waals surface area contributed by atoms with Crippen molar-refractivity contribution in [1.29, 1.82) is 0 Å². The Kier molecular flexibility index (Phi) is 9.45. The lowest BCUT2D eigenvalue weighted by Gasteiger charge is -2.23. The zero-order valence-corrected chi connectivity index (χ0v) is 25.1. The number of halogens is 13. The molecule has 46 heavy (non-hydrogen) atoms. The van der Waals surface area contributed by atoms with Gasteiger partial charge in [0, 0.05) is 11.1 Å². The van der Waals surface area contributed by atoms with E-state index in [-0.39, 0.29) is 6.61 Å². The molecule has 1 nitrogen and oxygen atoms in total. The van der Waals surface area contributed by atoms with Crippen molar-refractivity contribution in [3.63, 3.8) is 0 Å². The van der Waals surface area contributed by atoms with Gasteiger partial charge in [-0.25, -0.2) is 30.7 Å². The standard InChI is InChI=1S/C19H18F4O.C13H9F9/c1-5-11-6-8-12(9-7-11)10-24-18-16(22)14(20)13(19(2,3)4)15(21)17(18)23;1-10(2,3)4-6(14)8(16)5(9(17)7(4)15)11(18)12(19,20)13(11,21)22/h5-9H,1,10H2,2-4H3;1-3H3. The van der Waals surface area contributed by atoms with E-state index < -0.39 is 97.3 Å². The molecule has 0 unspecified atom stereocenters. The third-order valence-corrected chi connectivity index (χ3v) is 7.13. The minimum absolute atomic E-state index is 0.223. The van der Waals surface area contributed by atoms with Crippen LogP contribution in [0.15, 0.2) is 30.8 Å². The third kappa shape index (κ3) is 5.72. The van der Waals surface area contributed by atoms with Crippen LogP contribution in [0, 0.1) is 46.5 Å². The molecule has 0 saturated heterocycles. The minimum atomic E-state index is -5.47. The second kappa shape index (κ2) is 11.8. The molecule has 0 bridgehead atoms. The molecule has 0 aromatic heterocycles. The Labute approximate surface area is 255 Å². The molecule has 1 aliphatic carbocycles. The van der Waals surface area contributed by atoms with Gasteiger partial charge in [-0.1, -0.05) is 78.5 Å². The second-order valence-electron chi connectivity index (χ2n) is 12.5. The maximum Gasteiger partial charge on any atom is 0.357 e. The minimum Gasteiger partial charge on any atom is -0.483 e. The van der Waals surface area contributed by atoms with Crippen LogP contribution in [0.1, 0.15) is 69.4 Å². The Hall–Kier alpha value is -3.71. The summed E-state index contributed by atoms with van der Waals surface area (Å²) in [4.78, 5) is 0. The third-order valence-electron chi connectivity index (χ3n) is 7.13. The quantitative estimate of drug-likeness (QED) is 0.193. The number of rotatable bonds is 5. The molecule has 252 valence electrons. The lowest BCUT2D eigenvalue weighted by Crippen LogP contribution is -2.24. The summed E-state index contributed by atoms with van der Waals surface area (Å²) >= 11 is 0. The van der Waals surface area contributed by atoms with E-state index in [4.69, 9.17) is 4.74 Å². The Morgan fingerprint density at radius 3 is 1.24 bits per heavy atom. The highest BCUT2D eigenvalue weighted by molar-refractivity contribution is 5.48. The maximum atomic E-state index is 14.2. The van der Waals surface area contributed by atoms with E-state index in [2.05, 4.69) is 6.58 Å². The van der Waals surface area contributed by atoms with Crippen LogP contribution in [-0.4, -0.2) is 11.8 Å². The molecule has 1 fully saturated rings. The van der Waals surface area contributed by atoms with Gasteiger partial charge in [0.15, 0.2) is 40.7 Å². The highest BCUT2D eigenvalue weighted by Gasteiger charge is 3.00. The molecule has 0 N–H and O–H groups in total. The molecule has 0 aliphatic heterocycles. The van der Waals surface area contributed by atoms with E-state index in [1.807, 2.05) is 0 Å². The summed E-state index contributed by atoms with van der Waals surface area (Å²) in [5, 5.41) is 0. The van der Waals surface area contributed by atoms with Crippen molar-refractivity contribution in [2.75, 3.05) is 0 Å². The molecule has 3 aromatic carbocycles. The highest BCUT2D eigenvalue weighted by atomic mass is 19.3. The van der Waals surface area contributed by atoms with Crippen LogP contribution in [0.4, 0.5) is 57.1 Å². The van der Waals surface area contributed by atoms with E-state index in [0.717, 1.165) is 26.3 Å². The number of ether oxygens (including phenoxy) is 1. The van der Waals surface area contributed by atoms with Gasteiger partial charge in [-0.2, -0.15) is 26.3 Å². The molecule has 0 radical (unpaired) electrons. The molecule has 0 heterocycles. The fourth-order valence-electron chi connectivity index (χ4n) is 4.60. The van der Waals surface area contributed by atoms with Gasteiger partial charge in [0.1, 0.15) is 6.61 Å². The predicted molar refractivity (Wildman–Crippen MR) is 143 cm³/mol. The Balaban J connectivity index is 0.000000251. The zero-order valence-electron chi connectivity index (χ0n) is 25.1. The van der Waals surface area contributed by atoms with Crippen LogP contribution in [0.25, 0.3) is 6.08 Å². The van der Waals surface area contributed by atoms with E-state index in [9.17, 15) is 57.1 Å². The van der Waals surface area contributed by atoms with Gasteiger partial charge in [-0.3, -0.25) is 0 Å². The van der Waals surface area contributed by atoms with Crippen LogP contribution < -0.4 is 4.74 Å². The van der Waals surface area contributed by atoms with Gasteiger partial charge in [-0.15, -0.1) is 0 Å². The lowest BCUT2D eigenvalue weighted by atomic mass is 9.84. The van der Waals surface area contributed by atoms with Crippen LogP contribution in [-0.2, 0) is 23.1 Å².